The highest BCUT2D eigenvalue weighted by Crippen LogP contribution is 2.34. The number of urea groups is 1. The van der Waals surface area contributed by atoms with E-state index < -0.39 is 0 Å². The Balaban J connectivity index is 1.25. The molecule has 0 saturated carbocycles. The van der Waals surface area contributed by atoms with Crippen LogP contribution >= 0.6 is 0 Å². The normalized spacial score (nSPS) is 19.9. The second-order valence-electron chi connectivity index (χ2n) is 6.89. The summed E-state index contributed by atoms with van der Waals surface area (Å²) in [6.07, 6.45) is 1.35. The van der Waals surface area contributed by atoms with Crippen LogP contribution in [0.2, 0.25) is 0 Å². The number of nitrogens with zero attached hydrogens (tertiary/aromatic N) is 2. The van der Waals surface area contributed by atoms with Crippen LogP contribution in [0.3, 0.4) is 0 Å². The summed E-state index contributed by atoms with van der Waals surface area (Å²) < 4.78 is 10.6. The van der Waals surface area contributed by atoms with Gasteiger partial charge in [-0.15, -0.1) is 0 Å². The van der Waals surface area contributed by atoms with E-state index >= 15 is 0 Å². The summed E-state index contributed by atoms with van der Waals surface area (Å²) in [5.74, 6) is 0.994. The number of hydrogen-bond donors (Lipinski definition) is 2. The third kappa shape index (κ3) is 3.82. The van der Waals surface area contributed by atoms with E-state index in [0.717, 1.165) is 0 Å². The van der Waals surface area contributed by atoms with Gasteiger partial charge in [0.1, 0.15) is 0 Å². The first-order chi connectivity index (χ1) is 13.1. The van der Waals surface area contributed by atoms with Crippen molar-refractivity contribution < 1.29 is 23.9 Å². The summed E-state index contributed by atoms with van der Waals surface area (Å²) >= 11 is 0. The highest BCUT2D eigenvalue weighted by Gasteiger charge is 2.30. The van der Waals surface area contributed by atoms with Crippen molar-refractivity contribution in [1.29, 1.82) is 0 Å². The first-order valence-electron chi connectivity index (χ1n) is 9.11. The van der Waals surface area contributed by atoms with Crippen molar-refractivity contribution in [2.45, 2.75) is 12.8 Å². The van der Waals surface area contributed by atoms with Crippen LogP contribution in [0, 0.1) is 5.92 Å². The lowest BCUT2D eigenvalue weighted by atomic mass is 9.95. The van der Waals surface area contributed by atoms with Crippen LogP contribution in [0.4, 0.5) is 10.5 Å². The van der Waals surface area contributed by atoms with Gasteiger partial charge in [0.15, 0.2) is 11.5 Å². The van der Waals surface area contributed by atoms with E-state index in [-0.39, 0.29) is 37.1 Å². The van der Waals surface area contributed by atoms with Gasteiger partial charge in [0.05, 0.1) is 6.54 Å². The average Bonchev–Trinajstić information content (AvgIpc) is 3.30. The number of carbonyl (C=O) groups excluding carboxylic acids is 3. The molecule has 3 aliphatic heterocycles. The molecule has 144 valence electrons. The molecule has 0 aromatic heterocycles. The summed E-state index contributed by atoms with van der Waals surface area (Å²) in [6.45, 7) is 2.65. The summed E-state index contributed by atoms with van der Waals surface area (Å²) in [5, 5.41) is 5.55. The zero-order chi connectivity index (χ0) is 18.8. The lowest BCUT2D eigenvalue weighted by Crippen LogP contribution is -2.45. The highest BCUT2D eigenvalue weighted by atomic mass is 16.7. The number of carbonyl (C=O) groups is 3. The van der Waals surface area contributed by atoms with Crippen LogP contribution in [0.1, 0.15) is 12.8 Å². The standard InChI is InChI=1S/C18H22N4O5/c23-16(22-8-5-19-18(22)25)10-21-6-3-12(4-7-21)17(24)20-13-1-2-14-15(9-13)27-11-26-14/h1-2,9,12H,3-8,10-11H2,(H,19,25)(H,20,24). The van der Waals surface area contributed by atoms with E-state index in [9.17, 15) is 14.4 Å². The number of piperidine rings is 1. The number of amides is 4. The molecule has 27 heavy (non-hydrogen) atoms. The molecule has 3 heterocycles. The SMILES string of the molecule is O=C(Nc1ccc2c(c1)OCO2)C1CCN(CC(=O)N2CCNC2=O)CC1. The van der Waals surface area contributed by atoms with Crippen LogP contribution < -0.4 is 20.1 Å². The van der Waals surface area contributed by atoms with Gasteiger partial charge in [-0.05, 0) is 38.1 Å². The molecule has 2 N–H and O–H groups in total. The lowest BCUT2D eigenvalue weighted by Gasteiger charge is -2.31. The van der Waals surface area contributed by atoms with Crippen LogP contribution in [-0.4, -0.2) is 67.2 Å². The number of rotatable bonds is 4. The molecule has 0 radical (unpaired) electrons. The Morgan fingerprint density at radius 3 is 2.67 bits per heavy atom. The quantitative estimate of drug-likeness (QED) is 0.801. The van der Waals surface area contributed by atoms with Crippen LogP contribution in [0.15, 0.2) is 18.2 Å². The van der Waals surface area contributed by atoms with Crippen molar-refractivity contribution in [2.75, 3.05) is 44.8 Å². The fourth-order valence-corrected chi connectivity index (χ4v) is 3.56. The molecule has 3 aliphatic rings. The topological polar surface area (TPSA) is 100 Å². The molecule has 4 rings (SSSR count). The first kappa shape index (κ1) is 17.6. The minimum atomic E-state index is -0.321. The van der Waals surface area contributed by atoms with Crippen molar-refractivity contribution in [3.63, 3.8) is 0 Å². The van der Waals surface area contributed by atoms with Gasteiger partial charge in [-0.2, -0.15) is 0 Å². The Morgan fingerprint density at radius 2 is 1.93 bits per heavy atom. The van der Waals surface area contributed by atoms with Gasteiger partial charge in [0.25, 0.3) is 0 Å². The van der Waals surface area contributed by atoms with Crippen molar-refractivity contribution in [2.24, 2.45) is 5.92 Å². The number of anilines is 1. The third-order valence-corrected chi connectivity index (χ3v) is 5.12. The predicted octanol–water partition coefficient (Wildman–Crippen LogP) is 0.618. The van der Waals surface area contributed by atoms with E-state index in [1.54, 1.807) is 18.2 Å². The van der Waals surface area contributed by atoms with Gasteiger partial charge in [-0.3, -0.25) is 19.4 Å². The van der Waals surface area contributed by atoms with E-state index in [4.69, 9.17) is 9.47 Å². The molecule has 2 fully saturated rings. The number of hydrogen-bond acceptors (Lipinski definition) is 6. The Hall–Kier alpha value is -2.81. The van der Waals surface area contributed by atoms with Crippen molar-refractivity contribution in [3.05, 3.63) is 18.2 Å². The lowest BCUT2D eigenvalue weighted by molar-refractivity contribution is -0.129. The Kier molecular flexibility index (Phi) is 4.85. The van der Waals surface area contributed by atoms with Gasteiger partial charge in [-0.25, -0.2) is 4.79 Å². The van der Waals surface area contributed by atoms with Crippen molar-refractivity contribution >= 4 is 23.5 Å². The van der Waals surface area contributed by atoms with Crippen molar-refractivity contribution in [1.82, 2.24) is 15.1 Å². The molecule has 9 heteroatoms. The fraction of sp³-hybridized carbons (Fsp3) is 0.500. The first-order valence-corrected chi connectivity index (χ1v) is 9.11. The Morgan fingerprint density at radius 1 is 1.15 bits per heavy atom. The van der Waals surface area contributed by atoms with E-state index in [2.05, 4.69) is 10.6 Å². The Bertz CT molecular complexity index is 760. The average molecular weight is 374 g/mol. The smallest absolute Gasteiger partial charge is 0.324 e. The van der Waals surface area contributed by atoms with Gasteiger partial charge in [0, 0.05) is 30.8 Å². The zero-order valence-electron chi connectivity index (χ0n) is 14.9. The fourth-order valence-electron chi connectivity index (χ4n) is 3.56. The minimum Gasteiger partial charge on any atom is -0.454 e. The van der Waals surface area contributed by atoms with Gasteiger partial charge in [-0.1, -0.05) is 0 Å². The highest BCUT2D eigenvalue weighted by molar-refractivity contribution is 5.96. The molecule has 1 aromatic rings. The number of likely N-dealkylation sites (tertiary alicyclic amines) is 1. The molecule has 0 spiro atoms. The number of benzene rings is 1. The molecular formula is C18H22N4O5. The van der Waals surface area contributed by atoms with E-state index in [1.165, 1.54) is 4.90 Å². The molecule has 0 aliphatic carbocycles. The number of imide groups is 1. The molecule has 0 atom stereocenters. The van der Waals surface area contributed by atoms with Gasteiger partial charge < -0.3 is 20.1 Å². The molecule has 0 unspecified atom stereocenters. The number of fused-ring (bicyclic) bond motifs is 1. The minimum absolute atomic E-state index is 0.0289. The van der Waals surface area contributed by atoms with E-state index in [1.807, 2.05) is 4.90 Å². The Labute approximate surface area is 156 Å². The summed E-state index contributed by atoms with van der Waals surface area (Å²) in [5.41, 5.74) is 0.682. The summed E-state index contributed by atoms with van der Waals surface area (Å²) in [6, 6.07) is 5.01. The maximum absolute atomic E-state index is 12.5. The largest absolute Gasteiger partial charge is 0.454 e. The predicted molar refractivity (Wildman–Crippen MR) is 95.5 cm³/mol. The van der Waals surface area contributed by atoms with Gasteiger partial charge >= 0.3 is 6.03 Å². The van der Waals surface area contributed by atoms with Crippen LogP contribution in [-0.2, 0) is 9.59 Å². The number of nitrogens with one attached hydrogen (secondary N) is 2. The third-order valence-electron chi connectivity index (χ3n) is 5.12. The monoisotopic (exact) mass is 374 g/mol. The molecule has 4 amide bonds. The van der Waals surface area contributed by atoms with Gasteiger partial charge in [0.2, 0.25) is 18.6 Å². The summed E-state index contributed by atoms with van der Waals surface area (Å²) in [7, 11) is 0. The van der Waals surface area contributed by atoms with Crippen molar-refractivity contribution in [3.8, 4) is 11.5 Å². The second-order valence-corrected chi connectivity index (χ2v) is 6.89. The molecular weight excluding hydrogens is 352 g/mol. The maximum atomic E-state index is 12.5. The van der Waals surface area contributed by atoms with E-state index in [0.29, 0.717) is 56.2 Å². The summed E-state index contributed by atoms with van der Waals surface area (Å²) in [4.78, 5) is 39.5. The maximum Gasteiger partial charge on any atom is 0.324 e. The number of ether oxygens (including phenoxy) is 2. The molecule has 9 nitrogen and oxygen atoms in total. The zero-order valence-corrected chi connectivity index (χ0v) is 14.9. The second kappa shape index (κ2) is 7.43. The molecule has 0 bridgehead atoms. The van der Waals surface area contributed by atoms with Crippen LogP contribution in [0.25, 0.3) is 0 Å². The molecule has 2 saturated heterocycles. The molecule has 1 aromatic carbocycles. The van der Waals surface area contributed by atoms with Crippen LogP contribution in [0.5, 0.6) is 11.5 Å².